The lowest BCUT2D eigenvalue weighted by Crippen LogP contribution is -2.14. The van der Waals surface area contributed by atoms with Gasteiger partial charge in [-0.1, -0.05) is 18.6 Å². The van der Waals surface area contributed by atoms with Gasteiger partial charge in [0.1, 0.15) is 21.2 Å². The molecule has 0 aromatic carbocycles. The molecule has 2 atom stereocenters. The van der Waals surface area contributed by atoms with Crippen LogP contribution < -0.4 is 0 Å². The smallest absolute Gasteiger partial charge is 0.148 e. The van der Waals surface area contributed by atoms with Crippen LogP contribution >= 0.6 is 21.2 Å². The normalized spacial score (nSPS) is 33.6. The maximum Gasteiger partial charge on any atom is 0.148 e. The number of hydrogen-bond donors (Lipinski definition) is 0. The van der Waals surface area contributed by atoms with Gasteiger partial charge in [0, 0.05) is 3.92 Å². The van der Waals surface area contributed by atoms with Crippen LogP contribution in [0.2, 0.25) is 0 Å². The first kappa shape index (κ1) is 8.37. The van der Waals surface area contributed by atoms with Gasteiger partial charge in [0.25, 0.3) is 0 Å². The fraction of sp³-hybridized carbons (Fsp3) is 0.750. The third-order valence-corrected chi connectivity index (χ3v) is 4.46. The molecule has 0 unspecified atom stereocenters. The summed E-state index contributed by atoms with van der Waals surface area (Å²) in [5, 5.41) is 0. The molecule has 0 saturated heterocycles. The summed E-state index contributed by atoms with van der Waals surface area (Å²) in [7, 11) is 0. The summed E-state index contributed by atoms with van der Waals surface area (Å²) in [6, 6.07) is 0. The van der Waals surface area contributed by atoms with E-state index in [0.29, 0.717) is 9.84 Å². The largest absolute Gasteiger partial charge is 0.270 e. The van der Waals surface area contributed by atoms with E-state index in [9.17, 15) is 3.07 Å². The Morgan fingerprint density at radius 2 is 2.40 bits per heavy atom. The number of allylic oxidation sites excluding steroid dienone is 2. The zero-order chi connectivity index (χ0) is 7.56. The third kappa shape index (κ3) is 1.87. The molecule has 2 heteroatoms. The molecule has 0 aliphatic heterocycles. The molecule has 0 spiro atoms. The lowest BCUT2D eigenvalue weighted by molar-refractivity contribution is 0.535. The lowest BCUT2D eigenvalue weighted by Gasteiger charge is -2.21. The topological polar surface area (TPSA) is 17.1 Å². The van der Waals surface area contributed by atoms with Crippen LogP contribution in [0.1, 0.15) is 26.7 Å². The number of alkyl halides is 1. The van der Waals surface area contributed by atoms with E-state index in [0.717, 1.165) is 12.8 Å². The van der Waals surface area contributed by atoms with Crippen molar-refractivity contribution in [3.63, 3.8) is 0 Å². The van der Waals surface area contributed by atoms with Crippen LogP contribution in [0.4, 0.5) is 0 Å². The highest BCUT2D eigenvalue weighted by Crippen LogP contribution is 2.31. The Morgan fingerprint density at radius 3 is 2.90 bits per heavy atom. The van der Waals surface area contributed by atoms with Crippen molar-refractivity contribution in [1.29, 1.82) is 0 Å². The predicted octanol–water partition coefficient (Wildman–Crippen LogP) is 3.05. The molecule has 58 valence electrons. The second-order valence-electron chi connectivity index (χ2n) is 3.07. The number of hydrogen-bond acceptors (Lipinski definition) is 1. The fourth-order valence-corrected chi connectivity index (χ4v) is 2.61. The quantitative estimate of drug-likeness (QED) is 0.398. The summed E-state index contributed by atoms with van der Waals surface area (Å²) < 4.78 is 11.2. The predicted molar refractivity (Wildman–Crippen MR) is 50.6 cm³/mol. The van der Waals surface area contributed by atoms with Crippen LogP contribution in [0.15, 0.2) is 11.6 Å². The zero-order valence-corrected chi connectivity index (χ0v) is 8.59. The van der Waals surface area contributed by atoms with Crippen LogP contribution in [0, 0.1) is 5.92 Å². The van der Waals surface area contributed by atoms with Crippen LogP contribution in [-0.2, 0) is 3.07 Å². The lowest BCUT2D eigenvalue weighted by atomic mass is 9.91. The molecule has 0 N–H and O–H groups in total. The molecule has 0 bridgehead atoms. The Bertz CT molecular complexity index is 163. The van der Waals surface area contributed by atoms with E-state index in [1.165, 1.54) is 5.57 Å². The molecule has 0 radical (unpaired) electrons. The first-order valence-electron chi connectivity index (χ1n) is 3.65. The summed E-state index contributed by atoms with van der Waals surface area (Å²) in [5.74, 6) is 0.662. The van der Waals surface area contributed by atoms with Crippen molar-refractivity contribution in [3.8, 4) is 0 Å². The van der Waals surface area contributed by atoms with Crippen LogP contribution in [0.25, 0.3) is 0 Å². The summed E-state index contributed by atoms with van der Waals surface area (Å²) in [6.45, 7) is 4.37. The number of rotatable bonds is 1. The van der Waals surface area contributed by atoms with E-state index in [1.807, 2.05) is 0 Å². The summed E-state index contributed by atoms with van der Waals surface area (Å²) in [4.78, 5) is 0. The van der Waals surface area contributed by atoms with E-state index in [4.69, 9.17) is 0 Å². The minimum Gasteiger partial charge on any atom is -0.270 e. The molecule has 0 fully saturated rings. The maximum atomic E-state index is 10.7. The zero-order valence-electron chi connectivity index (χ0n) is 6.43. The molecule has 0 saturated carbocycles. The molecule has 1 aliphatic rings. The van der Waals surface area contributed by atoms with Crippen molar-refractivity contribution in [1.82, 2.24) is 0 Å². The van der Waals surface area contributed by atoms with Gasteiger partial charge < -0.3 is 0 Å². The molecule has 0 aromatic heterocycles. The molecule has 1 aliphatic carbocycles. The van der Waals surface area contributed by atoms with Gasteiger partial charge in [-0.25, -0.2) is 0 Å². The summed E-state index contributed by atoms with van der Waals surface area (Å²) in [5.41, 5.74) is 1.47. The first-order valence-corrected chi connectivity index (χ1v) is 5.78. The molecule has 0 heterocycles. The van der Waals surface area contributed by atoms with Gasteiger partial charge >= 0.3 is 0 Å². The molecule has 0 amide bonds. The first-order chi connectivity index (χ1) is 4.74. The minimum atomic E-state index is -0.768. The van der Waals surface area contributed by atoms with Gasteiger partial charge in [-0.15, -0.1) is 0 Å². The molecule has 1 rings (SSSR count). The van der Waals surface area contributed by atoms with Crippen molar-refractivity contribution in [3.05, 3.63) is 11.6 Å². The van der Waals surface area contributed by atoms with E-state index < -0.39 is 21.2 Å². The SMILES string of the molecule is CC1=CC[C@H](I=O)[C@@H](C)C1. The fourth-order valence-electron chi connectivity index (χ4n) is 1.39. The highest BCUT2D eigenvalue weighted by molar-refractivity contribution is 14.1. The molecular weight excluding hydrogens is 239 g/mol. The Hall–Kier alpha value is 0.270. The third-order valence-electron chi connectivity index (χ3n) is 2.07. The Balaban J connectivity index is 2.60. The standard InChI is InChI=1S/C8H13IO/c1-6-3-4-8(9-10)7(2)5-6/h3,7-8H,4-5H2,1-2H3/t7-,8-/m0/s1. The Morgan fingerprint density at radius 1 is 1.70 bits per heavy atom. The average molecular weight is 252 g/mol. The van der Waals surface area contributed by atoms with Gasteiger partial charge in [0.05, 0.1) is 0 Å². The van der Waals surface area contributed by atoms with Crippen molar-refractivity contribution in [2.75, 3.05) is 0 Å². The summed E-state index contributed by atoms with van der Waals surface area (Å²) >= 11 is -0.768. The van der Waals surface area contributed by atoms with Gasteiger partial charge in [-0.2, -0.15) is 0 Å². The van der Waals surface area contributed by atoms with Crippen LogP contribution in [0.5, 0.6) is 0 Å². The minimum absolute atomic E-state index is 0.516. The van der Waals surface area contributed by atoms with Gasteiger partial charge in [0.15, 0.2) is 0 Å². The van der Waals surface area contributed by atoms with Crippen LogP contribution in [-0.4, -0.2) is 3.92 Å². The van der Waals surface area contributed by atoms with E-state index in [-0.39, 0.29) is 0 Å². The molecule has 10 heavy (non-hydrogen) atoms. The molecular formula is C8H13IO. The van der Waals surface area contributed by atoms with E-state index in [1.54, 1.807) is 0 Å². The van der Waals surface area contributed by atoms with Crippen molar-refractivity contribution >= 4 is 21.2 Å². The Kier molecular flexibility index (Phi) is 3.01. The van der Waals surface area contributed by atoms with Gasteiger partial charge in [-0.05, 0) is 25.7 Å². The van der Waals surface area contributed by atoms with Gasteiger partial charge in [-0.3, -0.25) is 3.07 Å². The highest BCUT2D eigenvalue weighted by atomic mass is 127. The molecule has 1 nitrogen and oxygen atoms in total. The van der Waals surface area contributed by atoms with Crippen LogP contribution in [0.3, 0.4) is 0 Å². The average Bonchev–Trinajstić information content (AvgIpc) is 1.88. The van der Waals surface area contributed by atoms with E-state index >= 15 is 0 Å². The summed E-state index contributed by atoms with van der Waals surface area (Å²) in [6.07, 6.45) is 4.46. The second-order valence-corrected chi connectivity index (χ2v) is 5.18. The highest BCUT2D eigenvalue weighted by Gasteiger charge is 2.20. The van der Waals surface area contributed by atoms with Gasteiger partial charge in [0.2, 0.25) is 0 Å². The van der Waals surface area contributed by atoms with Crippen molar-refractivity contribution in [2.45, 2.75) is 30.6 Å². The number of halogens is 1. The second kappa shape index (κ2) is 3.60. The Labute approximate surface area is 72.5 Å². The van der Waals surface area contributed by atoms with Crippen molar-refractivity contribution < 1.29 is 3.07 Å². The van der Waals surface area contributed by atoms with E-state index in [2.05, 4.69) is 19.9 Å². The molecule has 0 aromatic rings. The van der Waals surface area contributed by atoms with Crippen molar-refractivity contribution in [2.24, 2.45) is 5.92 Å². The maximum absolute atomic E-state index is 10.7. The monoisotopic (exact) mass is 252 g/mol.